The van der Waals surface area contributed by atoms with Crippen LogP contribution in [0, 0.1) is 11.7 Å². The first kappa shape index (κ1) is 14.7. The van der Waals surface area contributed by atoms with Gasteiger partial charge in [-0.2, -0.15) is 0 Å². The van der Waals surface area contributed by atoms with Crippen molar-refractivity contribution in [1.29, 1.82) is 0 Å². The second-order valence-corrected chi connectivity index (χ2v) is 5.66. The van der Waals surface area contributed by atoms with Gasteiger partial charge in [-0.25, -0.2) is 4.39 Å². The summed E-state index contributed by atoms with van der Waals surface area (Å²) in [7, 11) is 0. The summed E-state index contributed by atoms with van der Waals surface area (Å²) in [5.41, 5.74) is 1.11. The first-order chi connectivity index (χ1) is 8.09. The second-order valence-electron chi connectivity index (χ2n) is 4.80. The van der Waals surface area contributed by atoms with Crippen molar-refractivity contribution in [1.82, 2.24) is 5.32 Å². The van der Waals surface area contributed by atoms with Crippen LogP contribution in [0.4, 0.5) is 4.39 Å². The molecule has 17 heavy (non-hydrogen) atoms. The average Bonchev–Trinajstić information content (AvgIpc) is 2.25. The Morgan fingerprint density at radius 3 is 2.71 bits per heavy atom. The smallest absolute Gasteiger partial charge is 0.124 e. The summed E-state index contributed by atoms with van der Waals surface area (Å²) in [6.45, 7) is 6.32. The molecule has 0 saturated carbocycles. The van der Waals surface area contributed by atoms with E-state index in [4.69, 9.17) is 0 Å². The molecule has 0 aliphatic carbocycles. The van der Waals surface area contributed by atoms with E-state index < -0.39 is 0 Å². The highest BCUT2D eigenvalue weighted by Gasteiger charge is 2.01. The van der Waals surface area contributed by atoms with Crippen molar-refractivity contribution >= 4 is 15.9 Å². The van der Waals surface area contributed by atoms with Gasteiger partial charge in [0.05, 0.1) is 0 Å². The van der Waals surface area contributed by atoms with Crippen LogP contribution in [-0.4, -0.2) is 6.54 Å². The lowest BCUT2D eigenvalue weighted by molar-refractivity contribution is 0.520. The maximum Gasteiger partial charge on any atom is 0.124 e. The van der Waals surface area contributed by atoms with Crippen LogP contribution >= 0.6 is 15.9 Å². The van der Waals surface area contributed by atoms with Crippen LogP contribution in [-0.2, 0) is 6.54 Å². The van der Waals surface area contributed by atoms with E-state index in [1.54, 1.807) is 0 Å². The lowest BCUT2D eigenvalue weighted by Crippen LogP contribution is -2.15. The van der Waals surface area contributed by atoms with Crippen LogP contribution < -0.4 is 5.32 Å². The van der Waals surface area contributed by atoms with Gasteiger partial charge in [0.15, 0.2) is 0 Å². The van der Waals surface area contributed by atoms with Crippen LogP contribution in [0.5, 0.6) is 0 Å². The van der Waals surface area contributed by atoms with E-state index in [1.165, 1.54) is 31.4 Å². The molecule has 0 aliphatic rings. The SMILES string of the molecule is CC(C)CCCCNCc1ccc(F)cc1Br. The quantitative estimate of drug-likeness (QED) is 0.731. The third kappa shape index (κ3) is 6.18. The van der Waals surface area contributed by atoms with Gasteiger partial charge in [0.25, 0.3) is 0 Å². The number of halogens is 2. The van der Waals surface area contributed by atoms with Gasteiger partial charge in [-0.15, -0.1) is 0 Å². The van der Waals surface area contributed by atoms with Crippen LogP contribution in [0.2, 0.25) is 0 Å². The molecule has 1 nitrogen and oxygen atoms in total. The summed E-state index contributed by atoms with van der Waals surface area (Å²) in [4.78, 5) is 0. The largest absolute Gasteiger partial charge is 0.313 e. The van der Waals surface area contributed by atoms with Crippen LogP contribution in [0.25, 0.3) is 0 Å². The molecule has 0 heterocycles. The van der Waals surface area contributed by atoms with Crippen molar-refractivity contribution in [2.24, 2.45) is 5.92 Å². The zero-order valence-corrected chi connectivity index (χ0v) is 12.2. The predicted molar refractivity (Wildman–Crippen MR) is 74.5 cm³/mol. The molecule has 0 radical (unpaired) electrons. The van der Waals surface area contributed by atoms with Gasteiger partial charge in [-0.3, -0.25) is 0 Å². The van der Waals surface area contributed by atoms with Crippen molar-refractivity contribution in [2.75, 3.05) is 6.54 Å². The van der Waals surface area contributed by atoms with Gasteiger partial charge in [0, 0.05) is 11.0 Å². The van der Waals surface area contributed by atoms with Crippen molar-refractivity contribution in [3.63, 3.8) is 0 Å². The Kier molecular flexibility index (Phi) is 6.75. The number of hydrogen-bond acceptors (Lipinski definition) is 1. The van der Waals surface area contributed by atoms with Gasteiger partial charge < -0.3 is 5.32 Å². The first-order valence-electron chi connectivity index (χ1n) is 6.24. The zero-order chi connectivity index (χ0) is 12.7. The summed E-state index contributed by atoms with van der Waals surface area (Å²) >= 11 is 3.37. The highest BCUT2D eigenvalue weighted by Crippen LogP contribution is 2.17. The molecule has 0 amide bonds. The fourth-order valence-electron chi connectivity index (χ4n) is 1.69. The summed E-state index contributed by atoms with van der Waals surface area (Å²) < 4.78 is 13.7. The van der Waals surface area contributed by atoms with Crippen molar-refractivity contribution in [2.45, 2.75) is 39.7 Å². The molecular formula is C14H21BrFN. The molecule has 1 rings (SSSR count). The Morgan fingerprint density at radius 1 is 1.29 bits per heavy atom. The van der Waals surface area contributed by atoms with Crippen LogP contribution in [0.3, 0.4) is 0 Å². The average molecular weight is 302 g/mol. The highest BCUT2D eigenvalue weighted by atomic mass is 79.9. The summed E-state index contributed by atoms with van der Waals surface area (Å²) in [5.74, 6) is 0.596. The van der Waals surface area contributed by atoms with Gasteiger partial charge in [0.1, 0.15) is 5.82 Å². The zero-order valence-electron chi connectivity index (χ0n) is 10.6. The Hall–Kier alpha value is -0.410. The molecule has 0 aromatic heterocycles. The van der Waals surface area contributed by atoms with E-state index >= 15 is 0 Å². The molecule has 3 heteroatoms. The van der Waals surface area contributed by atoms with Crippen molar-refractivity contribution < 1.29 is 4.39 Å². The third-order valence-electron chi connectivity index (χ3n) is 2.72. The number of nitrogens with one attached hydrogen (secondary N) is 1. The Labute approximate surface area is 112 Å². The van der Waals surface area contributed by atoms with E-state index in [9.17, 15) is 4.39 Å². The number of rotatable bonds is 7. The number of unbranched alkanes of at least 4 members (excludes halogenated alkanes) is 1. The second kappa shape index (κ2) is 7.83. The molecule has 1 aromatic rings. The van der Waals surface area contributed by atoms with E-state index in [1.807, 2.05) is 6.07 Å². The predicted octanol–water partition coefficient (Wildman–Crippen LogP) is 4.50. The molecule has 1 N–H and O–H groups in total. The monoisotopic (exact) mass is 301 g/mol. The molecule has 0 fully saturated rings. The first-order valence-corrected chi connectivity index (χ1v) is 7.03. The Morgan fingerprint density at radius 2 is 2.06 bits per heavy atom. The molecule has 0 spiro atoms. The Bertz CT molecular complexity index is 339. The van der Waals surface area contributed by atoms with Gasteiger partial charge >= 0.3 is 0 Å². The fraction of sp³-hybridized carbons (Fsp3) is 0.571. The minimum Gasteiger partial charge on any atom is -0.313 e. The highest BCUT2D eigenvalue weighted by molar-refractivity contribution is 9.10. The third-order valence-corrected chi connectivity index (χ3v) is 3.45. The molecule has 0 atom stereocenters. The lowest BCUT2D eigenvalue weighted by atomic mass is 10.1. The number of benzene rings is 1. The molecule has 0 aliphatic heterocycles. The minimum atomic E-state index is -0.197. The standard InChI is InChI=1S/C14H21BrFN/c1-11(2)5-3-4-8-17-10-12-6-7-13(16)9-14(12)15/h6-7,9,11,17H,3-5,8,10H2,1-2H3. The molecular weight excluding hydrogens is 281 g/mol. The van der Waals surface area contributed by atoms with Crippen molar-refractivity contribution in [3.05, 3.63) is 34.1 Å². The fourth-order valence-corrected chi connectivity index (χ4v) is 2.18. The molecule has 0 bridgehead atoms. The van der Waals surface area contributed by atoms with Crippen LogP contribution in [0.15, 0.2) is 22.7 Å². The van der Waals surface area contributed by atoms with Gasteiger partial charge in [-0.1, -0.05) is 48.7 Å². The lowest BCUT2D eigenvalue weighted by Gasteiger charge is -2.08. The molecule has 0 unspecified atom stereocenters. The summed E-state index contributed by atoms with van der Waals surface area (Å²) in [5, 5.41) is 3.38. The maximum atomic E-state index is 12.9. The normalized spacial score (nSPS) is 11.1. The summed E-state index contributed by atoms with van der Waals surface area (Å²) in [6.07, 6.45) is 3.77. The van der Waals surface area contributed by atoms with E-state index in [0.29, 0.717) is 0 Å². The molecule has 96 valence electrons. The molecule has 1 aromatic carbocycles. The molecule has 0 saturated heterocycles. The van der Waals surface area contributed by atoms with Gasteiger partial charge in [-0.05, 0) is 36.6 Å². The van der Waals surface area contributed by atoms with Crippen LogP contribution in [0.1, 0.15) is 38.7 Å². The van der Waals surface area contributed by atoms with E-state index in [0.717, 1.165) is 29.0 Å². The van der Waals surface area contributed by atoms with Crippen molar-refractivity contribution in [3.8, 4) is 0 Å². The van der Waals surface area contributed by atoms with E-state index in [2.05, 4.69) is 35.1 Å². The van der Waals surface area contributed by atoms with E-state index in [-0.39, 0.29) is 5.82 Å². The summed E-state index contributed by atoms with van der Waals surface area (Å²) in [6, 6.07) is 4.83. The van der Waals surface area contributed by atoms with Gasteiger partial charge in [0.2, 0.25) is 0 Å². The topological polar surface area (TPSA) is 12.0 Å². The maximum absolute atomic E-state index is 12.9. The minimum absolute atomic E-state index is 0.197. The number of hydrogen-bond donors (Lipinski definition) is 1. The Balaban J connectivity index is 2.18.